The van der Waals surface area contributed by atoms with Gasteiger partial charge in [-0.15, -0.1) is 12.4 Å². The van der Waals surface area contributed by atoms with Crippen LogP contribution in [0.3, 0.4) is 0 Å². The molecule has 1 aliphatic heterocycles. The molecule has 17 heavy (non-hydrogen) atoms. The third-order valence-electron chi connectivity index (χ3n) is 2.94. The van der Waals surface area contributed by atoms with Crippen molar-refractivity contribution in [3.63, 3.8) is 0 Å². The number of halogens is 3. The van der Waals surface area contributed by atoms with Crippen molar-refractivity contribution in [1.29, 1.82) is 0 Å². The molecule has 0 spiro atoms. The van der Waals surface area contributed by atoms with E-state index in [2.05, 4.69) is 20.8 Å². The first-order valence-corrected chi connectivity index (χ1v) is 6.36. The highest BCUT2D eigenvalue weighted by atomic mass is 79.9. The van der Waals surface area contributed by atoms with Gasteiger partial charge in [0.15, 0.2) is 0 Å². The number of nitrogens with two attached hydrogens (primary N) is 1. The largest absolute Gasteiger partial charge is 0.327 e. The highest BCUT2D eigenvalue weighted by molar-refractivity contribution is 9.10. The lowest BCUT2D eigenvalue weighted by Crippen LogP contribution is -2.42. The molecule has 1 saturated heterocycles. The SMILES string of the molecule is Cl.NC1CCCN(Cc2cc(Br)ccc2F)C1. The van der Waals surface area contributed by atoms with E-state index in [9.17, 15) is 4.39 Å². The average molecular weight is 324 g/mol. The zero-order valence-corrected chi connectivity index (χ0v) is 11.9. The van der Waals surface area contributed by atoms with Crippen molar-refractivity contribution in [3.05, 3.63) is 34.1 Å². The molecule has 0 amide bonds. The minimum Gasteiger partial charge on any atom is -0.327 e. The highest BCUT2D eigenvalue weighted by Gasteiger charge is 2.17. The lowest BCUT2D eigenvalue weighted by atomic mass is 10.1. The summed E-state index contributed by atoms with van der Waals surface area (Å²) in [6.07, 6.45) is 2.19. The average Bonchev–Trinajstić information content (AvgIpc) is 2.24. The van der Waals surface area contributed by atoms with Crippen LogP contribution in [0.4, 0.5) is 4.39 Å². The molecule has 0 aromatic heterocycles. The van der Waals surface area contributed by atoms with E-state index in [1.54, 1.807) is 6.07 Å². The highest BCUT2D eigenvalue weighted by Crippen LogP contribution is 2.19. The molecule has 1 unspecified atom stereocenters. The summed E-state index contributed by atoms with van der Waals surface area (Å²) in [7, 11) is 0. The summed E-state index contributed by atoms with van der Waals surface area (Å²) in [5.41, 5.74) is 6.64. The van der Waals surface area contributed by atoms with Gasteiger partial charge in [0.25, 0.3) is 0 Å². The van der Waals surface area contributed by atoms with Crippen molar-refractivity contribution < 1.29 is 4.39 Å². The Labute approximate surface area is 116 Å². The maximum Gasteiger partial charge on any atom is 0.127 e. The van der Waals surface area contributed by atoms with Gasteiger partial charge in [0.1, 0.15) is 5.82 Å². The summed E-state index contributed by atoms with van der Waals surface area (Å²) in [5, 5.41) is 0. The zero-order chi connectivity index (χ0) is 11.5. The summed E-state index contributed by atoms with van der Waals surface area (Å²) >= 11 is 3.36. The van der Waals surface area contributed by atoms with Crippen LogP contribution in [-0.2, 0) is 6.54 Å². The molecule has 2 nitrogen and oxygen atoms in total. The molecule has 2 N–H and O–H groups in total. The van der Waals surface area contributed by atoms with Crippen LogP contribution in [0, 0.1) is 5.82 Å². The number of benzene rings is 1. The maximum atomic E-state index is 13.5. The van der Waals surface area contributed by atoms with Crippen molar-refractivity contribution >= 4 is 28.3 Å². The number of piperidine rings is 1. The first-order valence-electron chi connectivity index (χ1n) is 5.57. The fourth-order valence-corrected chi connectivity index (χ4v) is 2.55. The fourth-order valence-electron chi connectivity index (χ4n) is 2.14. The Bertz CT molecular complexity index is 376. The lowest BCUT2D eigenvalue weighted by Gasteiger charge is -2.30. The van der Waals surface area contributed by atoms with E-state index in [0.29, 0.717) is 6.54 Å². The van der Waals surface area contributed by atoms with Crippen molar-refractivity contribution in [3.8, 4) is 0 Å². The third-order valence-corrected chi connectivity index (χ3v) is 3.44. The van der Waals surface area contributed by atoms with Crippen LogP contribution in [0.1, 0.15) is 18.4 Å². The first-order chi connectivity index (χ1) is 7.65. The Balaban J connectivity index is 0.00000144. The van der Waals surface area contributed by atoms with E-state index in [0.717, 1.165) is 36.0 Å². The number of nitrogens with zero attached hydrogens (tertiary/aromatic N) is 1. The van der Waals surface area contributed by atoms with Gasteiger partial charge in [0.2, 0.25) is 0 Å². The van der Waals surface area contributed by atoms with Crippen LogP contribution in [0.5, 0.6) is 0 Å². The summed E-state index contributed by atoms with van der Waals surface area (Å²) in [6.45, 7) is 2.53. The number of likely N-dealkylation sites (tertiary alicyclic amines) is 1. The molecule has 1 aromatic carbocycles. The second-order valence-electron chi connectivity index (χ2n) is 4.37. The van der Waals surface area contributed by atoms with Gasteiger partial charge in [-0.1, -0.05) is 15.9 Å². The van der Waals surface area contributed by atoms with E-state index in [1.807, 2.05) is 6.07 Å². The van der Waals surface area contributed by atoms with E-state index in [4.69, 9.17) is 5.73 Å². The van der Waals surface area contributed by atoms with E-state index in [-0.39, 0.29) is 24.3 Å². The minimum atomic E-state index is -0.137. The standard InChI is InChI=1S/C12H16BrFN2.ClH/c13-10-3-4-12(14)9(6-10)7-16-5-1-2-11(15)8-16;/h3-4,6,11H,1-2,5,7-8,15H2;1H. The predicted octanol–water partition coefficient (Wildman–Crippen LogP) is 2.93. The van der Waals surface area contributed by atoms with Crippen molar-refractivity contribution in [2.75, 3.05) is 13.1 Å². The molecule has 1 fully saturated rings. The Kier molecular flexibility index (Phi) is 5.86. The van der Waals surface area contributed by atoms with Crippen molar-refractivity contribution in [2.24, 2.45) is 5.73 Å². The number of rotatable bonds is 2. The van der Waals surface area contributed by atoms with Crippen molar-refractivity contribution in [2.45, 2.75) is 25.4 Å². The van der Waals surface area contributed by atoms with Gasteiger partial charge < -0.3 is 5.73 Å². The summed E-state index contributed by atoms with van der Waals surface area (Å²) < 4.78 is 14.5. The molecule has 96 valence electrons. The zero-order valence-electron chi connectivity index (χ0n) is 9.53. The van der Waals surface area contributed by atoms with E-state index >= 15 is 0 Å². The van der Waals surface area contributed by atoms with E-state index in [1.165, 1.54) is 6.07 Å². The molecule has 1 atom stereocenters. The summed E-state index contributed by atoms with van der Waals surface area (Å²) in [6, 6.07) is 5.31. The molecule has 1 heterocycles. The topological polar surface area (TPSA) is 29.3 Å². The van der Waals surface area contributed by atoms with Gasteiger partial charge in [-0.05, 0) is 37.6 Å². The Morgan fingerprint density at radius 2 is 2.24 bits per heavy atom. The van der Waals surface area contributed by atoms with Gasteiger partial charge >= 0.3 is 0 Å². The van der Waals surface area contributed by atoms with Gasteiger partial charge in [-0.3, -0.25) is 4.90 Å². The van der Waals surface area contributed by atoms with Crippen LogP contribution in [-0.4, -0.2) is 24.0 Å². The van der Waals surface area contributed by atoms with Crippen LogP contribution < -0.4 is 5.73 Å². The summed E-state index contributed by atoms with van der Waals surface area (Å²) in [4.78, 5) is 2.22. The molecule has 0 aliphatic carbocycles. The molecule has 0 radical (unpaired) electrons. The van der Waals surface area contributed by atoms with Gasteiger partial charge in [0, 0.05) is 29.2 Å². The number of hydrogen-bond donors (Lipinski definition) is 1. The number of hydrogen-bond acceptors (Lipinski definition) is 2. The predicted molar refractivity (Wildman–Crippen MR) is 73.8 cm³/mol. The van der Waals surface area contributed by atoms with Crippen LogP contribution in [0.2, 0.25) is 0 Å². The summed E-state index contributed by atoms with van der Waals surface area (Å²) in [5.74, 6) is -0.137. The second kappa shape index (κ2) is 6.69. The van der Waals surface area contributed by atoms with Crippen LogP contribution in [0.15, 0.2) is 22.7 Å². The molecule has 1 aromatic rings. The monoisotopic (exact) mass is 322 g/mol. The van der Waals surface area contributed by atoms with E-state index < -0.39 is 0 Å². The van der Waals surface area contributed by atoms with Gasteiger partial charge in [-0.25, -0.2) is 4.39 Å². The van der Waals surface area contributed by atoms with Gasteiger partial charge in [-0.2, -0.15) is 0 Å². The minimum absolute atomic E-state index is 0. The Hall–Kier alpha value is -0.160. The Morgan fingerprint density at radius 3 is 2.94 bits per heavy atom. The molecule has 2 rings (SSSR count). The molecule has 0 saturated carbocycles. The molecule has 0 bridgehead atoms. The second-order valence-corrected chi connectivity index (χ2v) is 5.29. The van der Waals surface area contributed by atoms with Crippen molar-refractivity contribution in [1.82, 2.24) is 4.90 Å². The third kappa shape index (κ3) is 4.21. The fraction of sp³-hybridized carbons (Fsp3) is 0.500. The molecular weight excluding hydrogens is 307 g/mol. The molecule has 5 heteroatoms. The normalized spacial score (nSPS) is 21.0. The lowest BCUT2D eigenvalue weighted by molar-refractivity contribution is 0.199. The van der Waals surface area contributed by atoms with Crippen LogP contribution in [0.25, 0.3) is 0 Å². The molecule has 1 aliphatic rings. The molecular formula is C12H17BrClFN2. The van der Waals surface area contributed by atoms with Gasteiger partial charge in [0.05, 0.1) is 0 Å². The smallest absolute Gasteiger partial charge is 0.127 e. The van der Waals surface area contributed by atoms with Crippen LogP contribution >= 0.6 is 28.3 Å². The Morgan fingerprint density at radius 1 is 1.47 bits per heavy atom. The quantitative estimate of drug-likeness (QED) is 0.907. The maximum absolute atomic E-state index is 13.5. The first kappa shape index (κ1) is 14.9.